The topological polar surface area (TPSA) is 71.7 Å². The molecule has 2 aromatic rings. The van der Waals surface area contributed by atoms with Crippen LogP contribution in [0.25, 0.3) is 11.1 Å². The van der Waals surface area contributed by atoms with Gasteiger partial charge in [0.25, 0.3) is 5.56 Å². The molecule has 10 heteroatoms. The summed E-state index contributed by atoms with van der Waals surface area (Å²) in [5, 5.41) is 0.120. The minimum atomic E-state index is -0.708. The highest BCUT2D eigenvalue weighted by Crippen LogP contribution is 2.35. The third-order valence-corrected chi connectivity index (χ3v) is 5.08. The Morgan fingerprint density at radius 3 is 2.39 bits per heavy atom. The van der Waals surface area contributed by atoms with E-state index in [4.69, 9.17) is 32.7 Å². The van der Waals surface area contributed by atoms with Gasteiger partial charge in [-0.3, -0.25) is 9.48 Å². The third-order valence-electron chi connectivity index (χ3n) is 4.40. The Labute approximate surface area is 189 Å². The second-order valence-corrected chi connectivity index (χ2v) is 7.20. The number of halogens is 3. The van der Waals surface area contributed by atoms with Crippen molar-refractivity contribution < 1.29 is 23.4 Å². The average Bonchev–Trinajstić information content (AvgIpc) is 2.99. The summed E-state index contributed by atoms with van der Waals surface area (Å²) in [7, 11) is 1.25. The number of hydrogen-bond acceptors (Lipinski definition) is 5. The lowest BCUT2D eigenvalue weighted by molar-refractivity contribution is -0.135. The van der Waals surface area contributed by atoms with Crippen LogP contribution in [0.2, 0.25) is 10.2 Å². The Hall–Kier alpha value is -2.45. The fraction of sp³-hybridized carbons (Fsp3) is 0.429. The summed E-state index contributed by atoms with van der Waals surface area (Å²) in [6.07, 6.45) is 1.88. The summed E-state index contributed by atoms with van der Waals surface area (Å²) in [6.45, 7) is 6.58. The smallest absolute Gasteiger partial charge is 0.334 e. The maximum atomic E-state index is 14.8. The van der Waals surface area contributed by atoms with Crippen molar-refractivity contribution in [1.29, 1.82) is 0 Å². The summed E-state index contributed by atoms with van der Waals surface area (Å²) < 4.78 is 33.5. The zero-order valence-corrected chi connectivity index (χ0v) is 19.3. The van der Waals surface area contributed by atoms with Crippen molar-refractivity contribution in [3.05, 3.63) is 50.3 Å². The zero-order valence-electron chi connectivity index (χ0n) is 17.8. The van der Waals surface area contributed by atoms with Crippen molar-refractivity contribution in [2.75, 3.05) is 20.3 Å². The molecule has 0 fully saturated rings. The highest BCUT2D eigenvalue weighted by Gasteiger charge is 2.23. The fourth-order valence-corrected chi connectivity index (χ4v) is 3.54. The molecule has 7 nitrogen and oxygen atoms in total. The van der Waals surface area contributed by atoms with E-state index in [9.17, 15) is 14.0 Å². The maximum absolute atomic E-state index is 14.8. The molecule has 0 spiro atoms. The van der Waals surface area contributed by atoms with Crippen molar-refractivity contribution in [2.45, 2.75) is 40.3 Å². The van der Waals surface area contributed by atoms with E-state index in [0.717, 1.165) is 18.6 Å². The van der Waals surface area contributed by atoms with Crippen molar-refractivity contribution in [2.24, 2.45) is 0 Å². The number of rotatable bonds is 10. The van der Waals surface area contributed by atoms with Gasteiger partial charge in [0.15, 0.2) is 0 Å². The molecule has 1 aromatic heterocycles. The van der Waals surface area contributed by atoms with Gasteiger partial charge in [0.1, 0.15) is 29.1 Å². The Morgan fingerprint density at radius 1 is 1.16 bits per heavy atom. The lowest BCUT2D eigenvalue weighted by Crippen LogP contribution is -2.22. The first-order valence-electron chi connectivity index (χ1n) is 9.81. The van der Waals surface area contributed by atoms with E-state index in [1.54, 1.807) is 11.6 Å². The molecule has 2 rings (SSSR count). The Balaban J connectivity index is 2.44. The van der Waals surface area contributed by atoms with Gasteiger partial charge in [-0.05, 0) is 32.4 Å². The molecule has 0 N–H and O–H groups in total. The molecule has 0 aliphatic heterocycles. The van der Waals surface area contributed by atoms with Gasteiger partial charge in [-0.25, -0.2) is 13.9 Å². The largest absolute Gasteiger partial charge is 0.494 e. The van der Waals surface area contributed by atoms with Crippen molar-refractivity contribution >= 4 is 29.2 Å². The third kappa shape index (κ3) is 5.62. The number of benzene rings is 1. The second-order valence-electron chi connectivity index (χ2n) is 6.44. The molecule has 0 saturated heterocycles. The van der Waals surface area contributed by atoms with E-state index >= 15 is 0 Å². The molecule has 0 amide bonds. The van der Waals surface area contributed by atoms with Crippen LogP contribution in [0.3, 0.4) is 0 Å². The number of ether oxygens (including phenoxy) is 3. The van der Waals surface area contributed by atoms with Gasteiger partial charge >= 0.3 is 5.97 Å². The van der Waals surface area contributed by atoms with Crippen LogP contribution in [0.1, 0.15) is 27.2 Å². The number of carbonyl (C=O) groups is 1. The highest BCUT2D eigenvalue weighted by atomic mass is 35.5. The van der Waals surface area contributed by atoms with Crippen LogP contribution < -0.4 is 10.3 Å². The van der Waals surface area contributed by atoms with Gasteiger partial charge in [0.2, 0.25) is 0 Å². The minimum absolute atomic E-state index is 0.00368. The SMILES string of the molecule is CCCO/C(=C/C(=O)OC)COc1cc(-c2c(Cl)n(CC)n(CC)c2=O)c(F)cc1Cl. The Kier molecular flexibility index (Phi) is 9.00. The predicted molar refractivity (Wildman–Crippen MR) is 117 cm³/mol. The molecule has 1 heterocycles. The summed E-state index contributed by atoms with van der Waals surface area (Å²) in [4.78, 5) is 24.4. The Morgan fingerprint density at radius 2 is 1.84 bits per heavy atom. The molecule has 0 bridgehead atoms. The van der Waals surface area contributed by atoms with E-state index < -0.39 is 17.3 Å². The van der Waals surface area contributed by atoms with Crippen LogP contribution in [0, 0.1) is 5.82 Å². The lowest BCUT2D eigenvalue weighted by Gasteiger charge is -2.13. The average molecular weight is 475 g/mol. The van der Waals surface area contributed by atoms with Gasteiger partial charge in [0, 0.05) is 18.7 Å². The number of methoxy groups -OCH3 is 1. The first-order valence-corrected chi connectivity index (χ1v) is 10.6. The minimum Gasteiger partial charge on any atom is -0.494 e. The molecule has 0 aliphatic carbocycles. The lowest BCUT2D eigenvalue weighted by atomic mass is 10.1. The normalized spacial score (nSPS) is 11.5. The van der Waals surface area contributed by atoms with Crippen LogP contribution in [0.5, 0.6) is 5.75 Å². The molecule has 0 saturated carbocycles. The van der Waals surface area contributed by atoms with Gasteiger partial charge in [-0.15, -0.1) is 0 Å². The maximum Gasteiger partial charge on any atom is 0.334 e. The highest BCUT2D eigenvalue weighted by molar-refractivity contribution is 6.33. The number of carbonyl (C=O) groups excluding carboxylic acids is 1. The first-order chi connectivity index (χ1) is 14.8. The molecular weight excluding hydrogens is 450 g/mol. The zero-order chi connectivity index (χ0) is 23.1. The molecule has 170 valence electrons. The number of esters is 1. The van der Waals surface area contributed by atoms with E-state index in [1.807, 2.05) is 13.8 Å². The van der Waals surface area contributed by atoms with Crippen LogP contribution in [-0.4, -0.2) is 35.7 Å². The second kappa shape index (κ2) is 11.2. The van der Waals surface area contributed by atoms with Crippen LogP contribution in [-0.2, 0) is 27.4 Å². The molecule has 0 aliphatic rings. The van der Waals surface area contributed by atoms with Gasteiger partial charge in [0.05, 0.1) is 30.4 Å². The van der Waals surface area contributed by atoms with E-state index in [0.29, 0.717) is 19.7 Å². The van der Waals surface area contributed by atoms with Gasteiger partial charge in [-0.2, -0.15) is 0 Å². The molecule has 0 radical (unpaired) electrons. The number of hydrogen-bond donors (Lipinski definition) is 0. The molecule has 1 aromatic carbocycles. The monoisotopic (exact) mass is 474 g/mol. The van der Waals surface area contributed by atoms with Crippen molar-refractivity contribution in [3.63, 3.8) is 0 Å². The quantitative estimate of drug-likeness (QED) is 0.284. The van der Waals surface area contributed by atoms with E-state index in [-0.39, 0.29) is 39.4 Å². The van der Waals surface area contributed by atoms with Gasteiger partial charge in [-0.1, -0.05) is 30.1 Å². The summed E-state index contributed by atoms with van der Waals surface area (Å²) in [6, 6.07) is 2.37. The van der Waals surface area contributed by atoms with Gasteiger partial charge < -0.3 is 14.2 Å². The molecule has 31 heavy (non-hydrogen) atoms. The standard InChI is InChI=1S/C21H25Cl2FN2O5/c1-5-8-30-13(9-18(27)29-4)12-31-17-10-14(16(24)11-15(17)22)19-20(23)25(6-2)26(7-3)21(19)28/h9-11H,5-8,12H2,1-4H3/b13-9+. The summed E-state index contributed by atoms with van der Waals surface area (Å²) >= 11 is 12.5. The van der Waals surface area contributed by atoms with E-state index in [2.05, 4.69) is 4.74 Å². The van der Waals surface area contributed by atoms with Crippen LogP contribution in [0.15, 0.2) is 28.8 Å². The molecular formula is C21H25Cl2FN2O5. The fourth-order valence-electron chi connectivity index (χ4n) is 2.94. The van der Waals surface area contributed by atoms with E-state index in [1.165, 1.54) is 17.9 Å². The Bertz CT molecular complexity index is 1030. The van der Waals surface area contributed by atoms with Crippen molar-refractivity contribution in [1.82, 2.24) is 9.36 Å². The van der Waals surface area contributed by atoms with Crippen LogP contribution in [0.4, 0.5) is 4.39 Å². The number of nitrogens with zero attached hydrogens (tertiary/aromatic N) is 2. The number of aromatic nitrogens is 2. The van der Waals surface area contributed by atoms with Crippen LogP contribution >= 0.6 is 23.2 Å². The first kappa shape index (κ1) is 24.8. The molecule has 0 unspecified atom stereocenters. The summed E-state index contributed by atoms with van der Waals surface area (Å²) in [5.74, 6) is -0.982. The predicted octanol–water partition coefficient (Wildman–Crippen LogP) is 4.66. The summed E-state index contributed by atoms with van der Waals surface area (Å²) in [5.41, 5.74) is -0.423. The van der Waals surface area contributed by atoms with Crippen molar-refractivity contribution in [3.8, 4) is 16.9 Å². The molecule has 0 atom stereocenters.